The molecule has 1 heterocycles. The minimum absolute atomic E-state index is 0.402. The van der Waals surface area contributed by atoms with Gasteiger partial charge in [-0.05, 0) is 32.2 Å². The van der Waals surface area contributed by atoms with Gasteiger partial charge in [0.1, 0.15) is 0 Å². The first-order valence-electron chi connectivity index (χ1n) is 7.47. The SMILES string of the molecule is CCC(C)N(C)CCNC1=NCC(CC(C)(C)C)S1. The van der Waals surface area contributed by atoms with Gasteiger partial charge in [0.15, 0.2) is 5.17 Å². The van der Waals surface area contributed by atoms with Gasteiger partial charge >= 0.3 is 0 Å². The van der Waals surface area contributed by atoms with Crippen LogP contribution in [-0.2, 0) is 0 Å². The van der Waals surface area contributed by atoms with Crippen molar-refractivity contribution in [3.63, 3.8) is 0 Å². The fourth-order valence-corrected chi connectivity index (χ4v) is 3.56. The molecular weight excluding hydrogens is 254 g/mol. The monoisotopic (exact) mass is 285 g/mol. The minimum Gasteiger partial charge on any atom is -0.364 e. The van der Waals surface area contributed by atoms with Crippen LogP contribution in [-0.4, -0.2) is 48.0 Å². The van der Waals surface area contributed by atoms with Crippen molar-refractivity contribution >= 4 is 16.9 Å². The number of nitrogens with zero attached hydrogens (tertiary/aromatic N) is 2. The smallest absolute Gasteiger partial charge is 0.156 e. The zero-order valence-corrected chi connectivity index (χ0v) is 14.3. The average molecular weight is 286 g/mol. The maximum absolute atomic E-state index is 4.61. The van der Waals surface area contributed by atoms with E-state index in [0.717, 1.165) is 24.8 Å². The number of likely N-dealkylation sites (N-methyl/N-ethyl adjacent to an activating group) is 1. The summed E-state index contributed by atoms with van der Waals surface area (Å²) in [5.41, 5.74) is 0.402. The van der Waals surface area contributed by atoms with Crippen LogP contribution in [0.5, 0.6) is 0 Å². The van der Waals surface area contributed by atoms with Gasteiger partial charge in [0.05, 0.1) is 6.54 Å². The Labute approximate surface area is 123 Å². The molecule has 0 aromatic carbocycles. The molecule has 0 aromatic heterocycles. The fraction of sp³-hybridized carbons (Fsp3) is 0.933. The minimum atomic E-state index is 0.402. The van der Waals surface area contributed by atoms with E-state index in [9.17, 15) is 0 Å². The molecule has 0 saturated heterocycles. The molecule has 0 aromatic rings. The summed E-state index contributed by atoms with van der Waals surface area (Å²) in [6.45, 7) is 14.5. The normalized spacial score (nSPS) is 21.6. The third-order valence-electron chi connectivity index (χ3n) is 3.64. The summed E-state index contributed by atoms with van der Waals surface area (Å²) in [6.07, 6.45) is 2.44. The Bertz CT molecular complexity index is 296. The lowest BCUT2D eigenvalue weighted by Gasteiger charge is -2.24. The summed E-state index contributed by atoms with van der Waals surface area (Å²) in [5.74, 6) is 0. The summed E-state index contributed by atoms with van der Waals surface area (Å²) in [6, 6.07) is 0.661. The lowest BCUT2D eigenvalue weighted by atomic mass is 9.90. The van der Waals surface area contributed by atoms with Gasteiger partial charge < -0.3 is 10.2 Å². The Kier molecular flexibility index (Phi) is 6.67. The Morgan fingerprint density at radius 2 is 2.16 bits per heavy atom. The lowest BCUT2D eigenvalue weighted by Crippen LogP contribution is -2.36. The topological polar surface area (TPSA) is 27.6 Å². The molecule has 4 heteroatoms. The Morgan fingerprint density at radius 1 is 1.47 bits per heavy atom. The third kappa shape index (κ3) is 6.66. The fourth-order valence-electron chi connectivity index (χ4n) is 2.18. The van der Waals surface area contributed by atoms with Crippen molar-refractivity contribution in [2.24, 2.45) is 10.4 Å². The molecule has 1 N–H and O–H groups in total. The van der Waals surface area contributed by atoms with Gasteiger partial charge in [0.2, 0.25) is 0 Å². The van der Waals surface area contributed by atoms with Gasteiger partial charge in [-0.1, -0.05) is 39.5 Å². The van der Waals surface area contributed by atoms with E-state index in [-0.39, 0.29) is 0 Å². The van der Waals surface area contributed by atoms with Gasteiger partial charge in [0, 0.05) is 24.4 Å². The molecule has 2 atom stereocenters. The number of rotatable bonds is 6. The number of hydrogen-bond donors (Lipinski definition) is 1. The van der Waals surface area contributed by atoms with Gasteiger partial charge in [-0.15, -0.1) is 0 Å². The molecule has 0 radical (unpaired) electrons. The molecule has 0 saturated carbocycles. The maximum Gasteiger partial charge on any atom is 0.156 e. The summed E-state index contributed by atoms with van der Waals surface area (Å²) in [4.78, 5) is 7.02. The number of aliphatic imine (C=N–C) groups is 1. The van der Waals surface area contributed by atoms with Gasteiger partial charge in [0.25, 0.3) is 0 Å². The van der Waals surface area contributed by atoms with Crippen LogP contribution in [0.3, 0.4) is 0 Å². The van der Waals surface area contributed by atoms with Crippen LogP contribution in [0.1, 0.15) is 47.5 Å². The predicted molar refractivity (Wildman–Crippen MR) is 88.1 cm³/mol. The van der Waals surface area contributed by atoms with Crippen LogP contribution in [0.15, 0.2) is 4.99 Å². The lowest BCUT2D eigenvalue weighted by molar-refractivity contribution is 0.256. The molecule has 19 heavy (non-hydrogen) atoms. The second kappa shape index (κ2) is 7.53. The number of nitrogens with one attached hydrogen (secondary N) is 1. The van der Waals surface area contributed by atoms with Crippen molar-refractivity contribution in [2.45, 2.75) is 58.8 Å². The van der Waals surface area contributed by atoms with Crippen LogP contribution in [0, 0.1) is 5.41 Å². The third-order valence-corrected chi connectivity index (χ3v) is 4.79. The molecule has 112 valence electrons. The highest BCUT2D eigenvalue weighted by molar-refractivity contribution is 8.14. The molecule has 0 amide bonds. The molecule has 0 aliphatic carbocycles. The summed E-state index contributed by atoms with van der Waals surface area (Å²) >= 11 is 1.92. The second-order valence-corrected chi connectivity index (χ2v) is 8.10. The van der Waals surface area contributed by atoms with E-state index in [2.05, 4.69) is 56.9 Å². The first-order valence-corrected chi connectivity index (χ1v) is 8.35. The van der Waals surface area contributed by atoms with Crippen molar-refractivity contribution in [2.75, 3.05) is 26.7 Å². The molecule has 0 fully saturated rings. The van der Waals surface area contributed by atoms with Crippen LogP contribution >= 0.6 is 11.8 Å². The van der Waals surface area contributed by atoms with Crippen molar-refractivity contribution in [3.05, 3.63) is 0 Å². The number of amidine groups is 1. The zero-order valence-electron chi connectivity index (χ0n) is 13.5. The molecule has 1 aliphatic rings. The summed E-state index contributed by atoms with van der Waals surface area (Å²) < 4.78 is 0. The van der Waals surface area contributed by atoms with Crippen molar-refractivity contribution in [3.8, 4) is 0 Å². The number of hydrogen-bond acceptors (Lipinski definition) is 4. The maximum atomic E-state index is 4.61. The first kappa shape index (κ1) is 16.8. The van der Waals surface area contributed by atoms with E-state index in [1.165, 1.54) is 12.8 Å². The van der Waals surface area contributed by atoms with Gasteiger partial charge in [-0.3, -0.25) is 4.99 Å². The van der Waals surface area contributed by atoms with Crippen LogP contribution in [0.25, 0.3) is 0 Å². The first-order chi connectivity index (χ1) is 8.81. The predicted octanol–water partition coefficient (Wildman–Crippen LogP) is 3.21. The van der Waals surface area contributed by atoms with E-state index >= 15 is 0 Å². The quantitative estimate of drug-likeness (QED) is 0.812. The van der Waals surface area contributed by atoms with Crippen LogP contribution in [0.4, 0.5) is 0 Å². The molecule has 0 spiro atoms. The van der Waals surface area contributed by atoms with Gasteiger partial charge in [-0.2, -0.15) is 0 Å². The van der Waals surface area contributed by atoms with Crippen molar-refractivity contribution < 1.29 is 0 Å². The van der Waals surface area contributed by atoms with Crippen molar-refractivity contribution in [1.29, 1.82) is 0 Å². The molecule has 2 unspecified atom stereocenters. The molecule has 3 nitrogen and oxygen atoms in total. The van der Waals surface area contributed by atoms with E-state index in [1.54, 1.807) is 0 Å². The zero-order chi connectivity index (χ0) is 14.5. The molecule has 1 aliphatic heterocycles. The molecule has 0 bridgehead atoms. The van der Waals surface area contributed by atoms with Crippen molar-refractivity contribution in [1.82, 2.24) is 10.2 Å². The highest BCUT2D eigenvalue weighted by atomic mass is 32.2. The van der Waals surface area contributed by atoms with E-state index in [1.807, 2.05) is 11.8 Å². The second-order valence-electron chi connectivity index (χ2n) is 6.82. The summed E-state index contributed by atoms with van der Waals surface area (Å²) in [7, 11) is 2.20. The Morgan fingerprint density at radius 3 is 2.74 bits per heavy atom. The highest BCUT2D eigenvalue weighted by Crippen LogP contribution is 2.31. The van der Waals surface area contributed by atoms with Crippen LogP contribution in [0.2, 0.25) is 0 Å². The summed E-state index contributed by atoms with van der Waals surface area (Å²) in [5, 5.41) is 5.29. The molecule has 1 rings (SSSR count). The highest BCUT2D eigenvalue weighted by Gasteiger charge is 2.24. The van der Waals surface area contributed by atoms with E-state index in [0.29, 0.717) is 16.7 Å². The molecular formula is C15H31N3S. The largest absolute Gasteiger partial charge is 0.364 e. The Hall–Kier alpha value is -0.220. The van der Waals surface area contributed by atoms with E-state index < -0.39 is 0 Å². The van der Waals surface area contributed by atoms with E-state index in [4.69, 9.17) is 0 Å². The average Bonchev–Trinajstić information content (AvgIpc) is 2.73. The Balaban J connectivity index is 2.19. The van der Waals surface area contributed by atoms with Crippen LogP contribution < -0.4 is 5.32 Å². The number of thioether (sulfide) groups is 1. The standard InChI is InChI=1S/C15H31N3S/c1-7-12(2)18(6)9-8-16-14-17-11-13(19-14)10-15(3,4)5/h12-13H,7-11H2,1-6H3,(H,16,17). The van der Waals surface area contributed by atoms with Gasteiger partial charge in [-0.25, -0.2) is 0 Å².